The van der Waals surface area contributed by atoms with Gasteiger partial charge in [0.2, 0.25) is 0 Å². The van der Waals surface area contributed by atoms with Crippen LogP contribution in [0.15, 0.2) is 48.6 Å². The molecule has 0 heterocycles. The van der Waals surface area contributed by atoms with Crippen molar-refractivity contribution < 1.29 is 9.47 Å². The number of hydrogen-bond donors (Lipinski definition) is 0. The van der Waals surface area contributed by atoms with Crippen molar-refractivity contribution in [2.45, 2.75) is 6.92 Å². The van der Waals surface area contributed by atoms with Crippen molar-refractivity contribution in [1.82, 2.24) is 0 Å². The molecular weight excluding hydrogens is 212 g/mol. The molecule has 0 fully saturated rings. The molecule has 0 aliphatic heterocycles. The SMILES string of the molecule is C/C=C/COc1ccc(OC)c2ccccc12. The third-order valence-corrected chi connectivity index (χ3v) is 2.63. The summed E-state index contributed by atoms with van der Waals surface area (Å²) in [4.78, 5) is 0. The van der Waals surface area contributed by atoms with Crippen LogP contribution in [0.1, 0.15) is 6.92 Å². The van der Waals surface area contributed by atoms with Gasteiger partial charge in [0, 0.05) is 10.8 Å². The lowest BCUT2D eigenvalue weighted by Gasteiger charge is -2.10. The summed E-state index contributed by atoms with van der Waals surface area (Å²) in [6.45, 7) is 2.57. The average molecular weight is 228 g/mol. The Bertz CT molecular complexity index is 529. The zero-order valence-electron chi connectivity index (χ0n) is 10.1. The molecule has 0 aromatic heterocycles. The molecule has 0 bridgehead atoms. The largest absolute Gasteiger partial charge is 0.496 e. The summed E-state index contributed by atoms with van der Waals surface area (Å²) >= 11 is 0. The quantitative estimate of drug-likeness (QED) is 0.741. The number of allylic oxidation sites excluding steroid dienone is 1. The maximum Gasteiger partial charge on any atom is 0.127 e. The summed E-state index contributed by atoms with van der Waals surface area (Å²) in [5.41, 5.74) is 0. The molecule has 0 atom stereocenters. The molecular formula is C15H16O2. The monoisotopic (exact) mass is 228 g/mol. The highest BCUT2D eigenvalue weighted by Crippen LogP contribution is 2.32. The number of hydrogen-bond acceptors (Lipinski definition) is 2. The topological polar surface area (TPSA) is 18.5 Å². The zero-order valence-corrected chi connectivity index (χ0v) is 10.1. The van der Waals surface area contributed by atoms with E-state index in [1.807, 2.05) is 55.5 Å². The summed E-state index contributed by atoms with van der Waals surface area (Å²) in [6, 6.07) is 12.0. The minimum Gasteiger partial charge on any atom is -0.496 e. The molecule has 2 nitrogen and oxygen atoms in total. The fourth-order valence-electron chi connectivity index (χ4n) is 1.78. The standard InChI is InChI=1S/C15H16O2/c1-3-4-11-17-15-10-9-14(16-2)12-7-5-6-8-13(12)15/h3-10H,11H2,1-2H3/b4-3+. The van der Waals surface area contributed by atoms with Gasteiger partial charge in [0.25, 0.3) is 0 Å². The first-order valence-electron chi connectivity index (χ1n) is 5.66. The smallest absolute Gasteiger partial charge is 0.127 e. The van der Waals surface area contributed by atoms with Crippen LogP contribution in [0, 0.1) is 0 Å². The maximum atomic E-state index is 5.72. The minimum absolute atomic E-state index is 0.590. The first-order chi connectivity index (χ1) is 8.36. The van der Waals surface area contributed by atoms with Gasteiger partial charge in [-0.1, -0.05) is 36.4 Å². The van der Waals surface area contributed by atoms with Crippen LogP contribution in [0.25, 0.3) is 10.8 Å². The lowest BCUT2D eigenvalue weighted by atomic mass is 10.1. The molecule has 0 saturated heterocycles. The van der Waals surface area contributed by atoms with Gasteiger partial charge in [0.15, 0.2) is 0 Å². The third kappa shape index (κ3) is 2.41. The van der Waals surface area contributed by atoms with Gasteiger partial charge >= 0.3 is 0 Å². The molecule has 0 N–H and O–H groups in total. The van der Waals surface area contributed by atoms with E-state index in [9.17, 15) is 0 Å². The van der Waals surface area contributed by atoms with E-state index in [4.69, 9.17) is 9.47 Å². The Morgan fingerprint density at radius 2 is 1.65 bits per heavy atom. The van der Waals surface area contributed by atoms with E-state index in [1.165, 1.54) is 0 Å². The van der Waals surface area contributed by atoms with E-state index in [-0.39, 0.29) is 0 Å². The molecule has 17 heavy (non-hydrogen) atoms. The zero-order chi connectivity index (χ0) is 12.1. The Kier molecular flexibility index (Phi) is 3.66. The second kappa shape index (κ2) is 5.39. The number of ether oxygens (including phenoxy) is 2. The van der Waals surface area contributed by atoms with E-state index >= 15 is 0 Å². The first kappa shape index (κ1) is 11.5. The van der Waals surface area contributed by atoms with Crippen LogP contribution < -0.4 is 9.47 Å². The molecule has 2 heteroatoms. The minimum atomic E-state index is 0.590. The fourth-order valence-corrected chi connectivity index (χ4v) is 1.78. The predicted octanol–water partition coefficient (Wildman–Crippen LogP) is 3.80. The van der Waals surface area contributed by atoms with Crippen LogP contribution in [-0.4, -0.2) is 13.7 Å². The van der Waals surface area contributed by atoms with Gasteiger partial charge in [0.1, 0.15) is 18.1 Å². The Balaban J connectivity index is 2.43. The predicted molar refractivity (Wildman–Crippen MR) is 70.8 cm³/mol. The lowest BCUT2D eigenvalue weighted by Crippen LogP contribution is -1.95. The number of rotatable bonds is 4. The molecule has 0 amide bonds. The van der Waals surface area contributed by atoms with E-state index < -0.39 is 0 Å². The van der Waals surface area contributed by atoms with Gasteiger partial charge in [-0.05, 0) is 19.1 Å². The summed E-state index contributed by atoms with van der Waals surface area (Å²) in [7, 11) is 1.68. The summed E-state index contributed by atoms with van der Waals surface area (Å²) in [6.07, 6.45) is 3.96. The van der Waals surface area contributed by atoms with Gasteiger partial charge in [-0.25, -0.2) is 0 Å². The summed E-state index contributed by atoms with van der Waals surface area (Å²) in [5, 5.41) is 2.16. The van der Waals surface area contributed by atoms with Crippen molar-refractivity contribution in [3.63, 3.8) is 0 Å². The molecule has 0 aliphatic carbocycles. The van der Waals surface area contributed by atoms with Crippen LogP contribution in [0.5, 0.6) is 11.5 Å². The fraction of sp³-hybridized carbons (Fsp3) is 0.200. The number of fused-ring (bicyclic) bond motifs is 1. The van der Waals surface area contributed by atoms with E-state index in [0.717, 1.165) is 22.3 Å². The van der Waals surface area contributed by atoms with Gasteiger partial charge in [-0.3, -0.25) is 0 Å². The maximum absolute atomic E-state index is 5.72. The van der Waals surface area contributed by atoms with Crippen molar-refractivity contribution in [3.8, 4) is 11.5 Å². The molecule has 0 saturated carbocycles. The van der Waals surface area contributed by atoms with Crippen LogP contribution >= 0.6 is 0 Å². The van der Waals surface area contributed by atoms with Crippen molar-refractivity contribution in [3.05, 3.63) is 48.6 Å². The molecule has 0 radical (unpaired) electrons. The third-order valence-electron chi connectivity index (χ3n) is 2.63. The normalized spacial score (nSPS) is 10.9. The van der Waals surface area contributed by atoms with Gasteiger partial charge < -0.3 is 9.47 Å². The van der Waals surface area contributed by atoms with E-state index in [0.29, 0.717) is 6.61 Å². The van der Waals surface area contributed by atoms with Crippen molar-refractivity contribution in [1.29, 1.82) is 0 Å². The lowest BCUT2D eigenvalue weighted by molar-refractivity contribution is 0.366. The first-order valence-corrected chi connectivity index (χ1v) is 5.66. The van der Waals surface area contributed by atoms with Gasteiger partial charge in [-0.15, -0.1) is 0 Å². The molecule has 0 spiro atoms. The molecule has 2 aromatic carbocycles. The van der Waals surface area contributed by atoms with E-state index in [2.05, 4.69) is 0 Å². The van der Waals surface area contributed by atoms with Crippen molar-refractivity contribution >= 4 is 10.8 Å². The Labute approximate surface area is 101 Å². The second-order valence-corrected chi connectivity index (χ2v) is 3.69. The molecule has 88 valence electrons. The second-order valence-electron chi connectivity index (χ2n) is 3.69. The van der Waals surface area contributed by atoms with E-state index in [1.54, 1.807) is 7.11 Å². The Morgan fingerprint density at radius 1 is 1.00 bits per heavy atom. The summed E-state index contributed by atoms with van der Waals surface area (Å²) in [5.74, 6) is 1.76. The highest BCUT2D eigenvalue weighted by molar-refractivity contribution is 5.93. The highest BCUT2D eigenvalue weighted by atomic mass is 16.5. The Hall–Kier alpha value is -1.96. The highest BCUT2D eigenvalue weighted by Gasteiger charge is 2.05. The van der Waals surface area contributed by atoms with Crippen LogP contribution in [0.4, 0.5) is 0 Å². The van der Waals surface area contributed by atoms with Gasteiger partial charge in [0.05, 0.1) is 7.11 Å². The van der Waals surface area contributed by atoms with Crippen molar-refractivity contribution in [2.24, 2.45) is 0 Å². The Morgan fingerprint density at radius 3 is 2.29 bits per heavy atom. The average Bonchev–Trinajstić information content (AvgIpc) is 2.39. The molecule has 2 aromatic rings. The van der Waals surface area contributed by atoms with Gasteiger partial charge in [-0.2, -0.15) is 0 Å². The van der Waals surface area contributed by atoms with Crippen LogP contribution in [0.3, 0.4) is 0 Å². The van der Waals surface area contributed by atoms with Crippen molar-refractivity contribution in [2.75, 3.05) is 13.7 Å². The molecule has 0 unspecified atom stereocenters. The number of methoxy groups -OCH3 is 1. The molecule has 0 aliphatic rings. The number of benzene rings is 2. The van der Waals surface area contributed by atoms with Crippen LogP contribution in [-0.2, 0) is 0 Å². The molecule has 2 rings (SSSR count). The summed E-state index contributed by atoms with van der Waals surface area (Å²) < 4.78 is 11.1. The van der Waals surface area contributed by atoms with Crippen LogP contribution in [0.2, 0.25) is 0 Å².